The standard InChI is InChI=1S/C13H15NO3/c1-10-7-13(17-14-10)8-15-12(16-9-13)11-5-3-2-4-6-11/h2-6,12H,7-9H2,1H3. The van der Waals surface area contributed by atoms with Crippen molar-refractivity contribution in [3.05, 3.63) is 35.9 Å². The average Bonchev–Trinajstić information content (AvgIpc) is 2.73. The molecule has 0 amide bonds. The summed E-state index contributed by atoms with van der Waals surface area (Å²) in [7, 11) is 0. The Morgan fingerprint density at radius 1 is 1.18 bits per heavy atom. The molecule has 0 aromatic heterocycles. The van der Waals surface area contributed by atoms with E-state index >= 15 is 0 Å². The Hall–Kier alpha value is -1.39. The molecule has 0 unspecified atom stereocenters. The highest BCUT2D eigenvalue weighted by Crippen LogP contribution is 2.33. The normalized spacial score (nSPS) is 32.3. The summed E-state index contributed by atoms with van der Waals surface area (Å²) in [5.74, 6) is 0. The van der Waals surface area contributed by atoms with Crippen molar-refractivity contribution in [1.82, 2.24) is 0 Å². The van der Waals surface area contributed by atoms with E-state index in [1.165, 1.54) is 0 Å². The number of oxime groups is 1. The van der Waals surface area contributed by atoms with E-state index < -0.39 is 5.60 Å². The molecule has 4 nitrogen and oxygen atoms in total. The lowest BCUT2D eigenvalue weighted by atomic mass is 9.99. The molecule has 1 saturated heterocycles. The van der Waals surface area contributed by atoms with Crippen molar-refractivity contribution in [1.29, 1.82) is 0 Å². The molecule has 0 bridgehead atoms. The Morgan fingerprint density at radius 3 is 2.47 bits per heavy atom. The van der Waals surface area contributed by atoms with Gasteiger partial charge in [0.2, 0.25) is 0 Å². The first-order valence-corrected chi connectivity index (χ1v) is 5.77. The van der Waals surface area contributed by atoms with Crippen molar-refractivity contribution >= 4 is 5.71 Å². The van der Waals surface area contributed by atoms with Crippen LogP contribution in [0, 0.1) is 0 Å². The molecule has 0 radical (unpaired) electrons. The summed E-state index contributed by atoms with van der Waals surface area (Å²) in [4.78, 5) is 5.42. The minimum atomic E-state index is -0.393. The van der Waals surface area contributed by atoms with Crippen LogP contribution in [0.25, 0.3) is 0 Å². The molecule has 1 aromatic rings. The van der Waals surface area contributed by atoms with Gasteiger partial charge in [-0.25, -0.2) is 0 Å². The fourth-order valence-electron chi connectivity index (χ4n) is 2.21. The maximum atomic E-state index is 5.73. The summed E-state index contributed by atoms with van der Waals surface area (Å²) >= 11 is 0. The van der Waals surface area contributed by atoms with Crippen molar-refractivity contribution in [2.45, 2.75) is 25.2 Å². The van der Waals surface area contributed by atoms with Gasteiger partial charge in [0, 0.05) is 12.0 Å². The molecule has 90 valence electrons. The molecule has 2 aliphatic rings. The minimum Gasteiger partial charge on any atom is -0.384 e. The van der Waals surface area contributed by atoms with E-state index in [0.29, 0.717) is 13.2 Å². The quantitative estimate of drug-likeness (QED) is 0.747. The third-order valence-corrected chi connectivity index (χ3v) is 3.04. The van der Waals surface area contributed by atoms with Crippen LogP contribution < -0.4 is 0 Å². The fraction of sp³-hybridized carbons (Fsp3) is 0.462. The van der Waals surface area contributed by atoms with Gasteiger partial charge in [-0.3, -0.25) is 0 Å². The molecular formula is C13H15NO3. The van der Waals surface area contributed by atoms with Crippen LogP contribution in [0.1, 0.15) is 25.2 Å². The fourth-order valence-corrected chi connectivity index (χ4v) is 2.21. The summed E-state index contributed by atoms with van der Waals surface area (Å²) in [5, 5.41) is 3.97. The third kappa shape index (κ3) is 2.06. The molecular weight excluding hydrogens is 218 g/mol. The van der Waals surface area contributed by atoms with Crippen LogP contribution in [0.15, 0.2) is 35.5 Å². The van der Waals surface area contributed by atoms with Crippen molar-refractivity contribution in [2.24, 2.45) is 5.16 Å². The zero-order valence-electron chi connectivity index (χ0n) is 9.76. The van der Waals surface area contributed by atoms with Crippen LogP contribution in [-0.4, -0.2) is 24.5 Å². The molecule has 1 fully saturated rings. The number of benzene rings is 1. The zero-order valence-corrected chi connectivity index (χ0v) is 9.76. The Bertz CT molecular complexity index is 422. The molecule has 2 heterocycles. The van der Waals surface area contributed by atoms with Gasteiger partial charge in [0.05, 0.1) is 18.9 Å². The monoisotopic (exact) mass is 233 g/mol. The number of ether oxygens (including phenoxy) is 2. The van der Waals surface area contributed by atoms with Gasteiger partial charge in [0.25, 0.3) is 0 Å². The molecule has 3 rings (SSSR count). The Morgan fingerprint density at radius 2 is 1.88 bits per heavy atom. The maximum Gasteiger partial charge on any atom is 0.189 e. The van der Waals surface area contributed by atoms with Gasteiger partial charge in [-0.15, -0.1) is 0 Å². The maximum absolute atomic E-state index is 5.73. The Balaban J connectivity index is 1.65. The SMILES string of the molecule is CC1=NOC2(COC(c3ccccc3)OC2)C1. The minimum absolute atomic E-state index is 0.286. The topological polar surface area (TPSA) is 40.0 Å². The Labute approximate surface area is 100 Å². The second kappa shape index (κ2) is 4.13. The molecule has 17 heavy (non-hydrogen) atoms. The molecule has 1 spiro atoms. The highest BCUT2D eigenvalue weighted by Gasteiger charge is 2.43. The van der Waals surface area contributed by atoms with Crippen molar-refractivity contribution in [3.63, 3.8) is 0 Å². The van der Waals surface area contributed by atoms with Crippen LogP contribution in [0.3, 0.4) is 0 Å². The molecule has 2 aliphatic heterocycles. The number of nitrogens with zero attached hydrogens (tertiary/aromatic N) is 1. The lowest BCUT2D eigenvalue weighted by molar-refractivity contribution is -0.262. The van der Waals surface area contributed by atoms with Crippen LogP contribution in [0.4, 0.5) is 0 Å². The average molecular weight is 233 g/mol. The second-order valence-electron chi connectivity index (χ2n) is 4.64. The molecule has 1 aromatic carbocycles. The summed E-state index contributed by atoms with van der Waals surface area (Å²) in [6.45, 7) is 3.00. The summed E-state index contributed by atoms with van der Waals surface area (Å²) in [6.07, 6.45) is 0.500. The number of hydrogen-bond acceptors (Lipinski definition) is 4. The van der Waals surface area contributed by atoms with Crippen LogP contribution in [0.2, 0.25) is 0 Å². The van der Waals surface area contributed by atoms with E-state index in [4.69, 9.17) is 14.3 Å². The van der Waals surface area contributed by atoms with E-state index in [1.807, 2.05) is 37.3 Å². The van der Waals surface area contributed by atoms with E-state index in [0.717, 1.165) is 17.7 Å². The van der Waals surface area contributed by atoms with Gasteiger partial charge >= 0.3 is 0 Å². The van der Waals surface area contributed by atoms with E-state index in [9.17, 15) is 0 Å². The predicted octanol–water partition coefficient (Wildman–Crippen LogP) is 2.27. The van der Waals surface area contributed by atoms with E-state index in [2.05, 4.69) is 5.16 Å². The van der Waals surface area contributed by atoms with Crippen LogP contribution >= 0.6 is 0 Å². The van der Waals surface area contributed by atoms with Gasteiger partial charge in [-0.05, 0) is 6.92 Å². The van der Waals surface area contributed by atoms with Gasteiger partial charge in [-0.2, -0.15) is 0 Å². The molecule has 0 saturated carbocycles. The first-order chi connectivity index (χ1) is 8.27. The van der Waals surface area contributed by atoms with Crippen molar-refractivity contribution in [3.8, 4) is 0 Å². The summed E-state index contributed by atoms with van der Waals surface area (Å²) in [5.41, 5.74) is 1.64. The van der Waals surface area contributed by atoms with Crippen LogP contribution in [0.5, 0.6) is 0 Å². The van der Waals surface area contributed by atoms with Crippen molar-refractivity contribution < 1.29 is 14.3 Å². The van der Waals surface area contributed by atoms with Gasteiger partial charge in [0.1, 0.15) is 0 Å². The van der Waals surface area contributed by atoms with Crippen molar-refractivity contribution in [2.75, 3.05) is 13.2 Å². The highest BCUT2D eigenvalue weighted by atomic mass is 16.7. The van der Waals surface area contributed by atoms with E-state index in [1.54, 1.807) is 0 Å². The van der Waals surface area contributed by atoms with Gasteiger partial charge < -0.3 is 14.3 Å². The smallest absolute Gasteiger partial charge is 0.189 e. The first-order valence-electron chi connectivity index (χ1n) is 5.77. The largest absolute Gasteiger partial charge is 0.384 e. The molecule has 0 aliphatic carbocycles. The predicted molar refractivity (Wildman–Crippen MR) is 62.6 cm³/mol. The molecule has 0 atom stereocenters. The Kier molecular flexibility index (Phi) is 2.61. The summed E-state index contributed by atoms with van der Waals surface area (Å²) < 4.78 is 11.5. The molecule has 4 heteroatoms. The number of hydrogen-bond donors (Lipinski definition) is 0. The second-order valence-corrected chi connectivity index (χ2v) is 4.64. The van der Waals surface area contributed by atoms with Crippen LogP contribution in [-0.2, 0) is 14.3 Å². The van der Waals surface area contributed by atoms with E-state index in [-0.39, 0.29) is 6.29 Å². The summed E-state index contributed by atoms with van der Waals surface area (Å²) in [6, 6.07) is 9.93. The molecule has 0 N–H and O–H groups in total. The van der Waals surface area contributed by atoms with Gasteiger partial charge in [0.15, 0.2) is 11.9 Å². The third-order valence-electron chi connectivity index (χ3n) is 3.04. The number of rotatable bonds is 1. The zero-order chi connectivity index (χ0) is 11.7. The van der Waals surface area contributed by atoms with Gasteiger partial charge in [-0.1, -0.05) is 35.5 Å². The lowest BCUT2D eigenvalue weighted by Gasteiger charge is -2.35. The first kappa shape index (κ1) is 10.7. The lowest BCUT2D eigenvalue weighted by Crippen LogP contribution is -2.45. The highest BCUT2D eigenvalue weighted by molar-refractivity contribution is 5.83.